The van der Waals surface area contributed by atoms with E-state index in [2.05, 4.69) is 17.0 Å². The number of sulfonamides is 1. The number of benzene rings is 1. The lowest BCUT2D eigenvalue weighted by molar-refractivity contribution is 0.417. The zero-order valence-electron chi connectivity index (χ0n) is 13.4. The summed E-state index contributed by atoms with van der Waals surface area (Å²) >= 11 is 0. The van der Waals surface area contributed by atoms with Gasteiger partial charge in [-0.15, -0.1) is 0 Å². The van der Waals surface area contributed by atoms with Crippen LogP contribution in [0.1, 0.15) is 51.2 Å². The van der Waals surface area contributed by atoms with Crippen molar-refractivity contribution in [2.45, 2.75) is 63.8 Å². The van der Waals surface area contributed by atoms with Gasteiger partial charge in [0.1, 0.15) is 0 Å². The molecule has 0 fully saturated rings. The molecule has 0 aromatic heterocycles. The lowest BCUT2D eigenvalue weighted by Gasteiger charge is -2.28. The molecule has 4 nitrogen and oxygen atoms in total. The fourth-order valence-corrected chi connectivity index (χ4v) is 4.78. The highest BCUT2D eigenvalue weighted by atomic mass is 32.2. The van der Waals surface area contributed by atoms with Crippen molar-refractivity contribution in [3.8, 4) is 0 Å². The first-order valence-corrected chi connectivity index (χ1v) is 9.15. The Labute approximate surface area is 128 Å². The molecule has 0 radical (unpaired) electrons. The van der Waals surface area contributed by atoms with Crippen LogP contribution in [0.5, 0.6) is 0 Å². The van der Waals surface area contributed by atoms with Crippen molar-refractivity contribution in [1.82, 2.24) is 4.72 Å². The van der Waals surface area contributed by atoms with Crippen molar-refractivity contribution in [3.05, 3.63) is 23.3 Å². The van der Waals surface area contributed by atoms with E-state index in [0.717, 1.165) is 49.0 Å². The van der Waals surface area contributed by atoms with Gasteiger partial charge in [-0.25, -0.2) is 13.1 Å². The molecule has 0 unspecified atom stereocenters. The summed E-state index contributed by atoms with van der Waals surface area (Å²) in [6, 6.07) is 3.63. The van der Waals surface area contributed by atoms with Crippen LogP contribution in [0, 0.1) is 6.92 Å². The highest BCUT2D eigenvalue weighted by molar-refractivity contribution is 7.89. The van der Waals surface area contributed by atoms with Gasteiger partial charge in [0.25, 0.3) is 0 Å². The van der Waals surface area contributed by atoms with Gasteiger partial charge in [-0.2, -0.15) is 0 Å². The molecule has 0 atom stereocenters. The van der Waals surface area contributed by atoms with Gasteiger partial charge in [0.15, 0.2) is 0 Å². The van der Waals surface area contributed by atoms with E-state index in [-0.39, 0.29) is 0 Å². The van der Waals surface area contributed by atoms with Crippen LogP contribution >= 0.6 is 0 Å². The number of hydrogen-bond donors (Lipinski definition) is 2. The summed E-state index contributed by atoms with van der Waals surface area (Å²) in [6.45, 7) is 8.86. The first-order valence-electron chi connectivity index (χ1n) is 7.67. The molecule has 0 bridgehead atoms. The molecule has 2 N–H and O–H groups in total. The molecule has 1 aromatic rings. The average molecular weight is 310 g/mol. The summed E-state index contributed by atoms with van der Waals surface area (Å²) in [5, 5.41) is 3.34. The summed E-state index contributed by atoms with van der Waals surface area (Å²) in [7, 11) is -3.49. The Morgan fingerprint density at radius 1 is 1.33 bits per heavy atom. The second-order valence-corrected chi connectivity index (χ2v) is 8.15. The smallest absolute Gasteiger partial charge is 0.241 e. The number of anilines is 1. The van der Waals surface area contributed by atoms with Crippen LogP contribution in [0.3, 0.4) is 0 Å². The molecule has 0 spiro atoms. The van der Waals surface area contributed by atoms with Crippen LogP contribution in [-0.4, -0.2) is 20.5 Å². The van der Waals surface area contributed by atoms with Gasteiger partial charge in [0.05, 0.1) is 4.90 Å². The zero-order chi connectivity index (χ0) is 15.7. The summed E-state index contributed by atoms with van der Waals surface area (Å²) in [4.78, 5) is 0.430. The van der Waals surface area contributed by atoms with Crippen LogP contribution < -0.4 is 10.0 Å². The van der Waals surface area contributed by atoms with E-state index in [9.17, 15) is 8.42 Å². The standard InChI is InChI=1S/C16H26N2O2S/c1-5-10-16(3,4)18-21(19,20)14-9-8-12(2)15-13(14)7-6-11-17-15/h8-9,17-18H,5-7,10-11H2,1-4H3. The number of nitrogens with one attached hydrogen (secondary N) is 2. The van der Waals surface area contributed by atoms with Gasteiger partial charge < -0.3 is 5.32 Å². The first kappa shape index (κ1) is 16.3. The van der Waals surface area contributed by atoms with Crippen molar-refractivity contribution < 1.29 is 8.42 Å². The van der Waals surface area contributed by atoms with Gasteiger partial charge >= 0.3 is 0 Å². The van der Waals surface area contributed by atoms with Crippen LogP contribution in [0.2, 0.25) is 0 Å². The van der Waals surface area contributed by atoms with E-state index in [1.807, 2.05) is 26.8 Å². The summed E-state index contributed by atoms with van der Waals surface area (Å²) < 4.78 is 28.4. The van der Waals surface area contributed by atoms with Crippen LogP contribution in [0.4, 0.5) is 5.69 Å². The Bertz CT molecular complexity index is 621. The normalized spacial score (nSPS) is 15.4. The monoisotopic (exact) mass is 310 g/mol. The lowest BCUT2D eigenvalue weighted by atomic mass is 10.00. The van der Waals surface area contributed by atoms with E-state index in [1.54, 1.807) is 6.07 Å². The van der Waals surface area contributed by atoms with Gasteiger partial charge in [-0.05, 0) is 57.2 Å². The molecular formula is C16H26N2O2S. The number of rotatable bonds is 5. The summed E-state index contributed by atoms with van der Waals surface area (Å²) in [5.41, 5.74) is 2.61. The highest BCUT2D eigenvalue weighted by Crippen LogP contribution is 2.32. The third kappa shape index (κ3) is 3.58. The number of fused-ring (bicyclic) bond motifs is 1. The van der Waals surface area contributed by atoms with Crippen LogP contribution in [-0.2, 0) is 16.4 Å². The third-order valence-electron chi connectivity index (χ3n) is 3.96. The predicted molar refractivity (Wildman–Crippen MR) is 87.3 cm³/mol. The quantitative estimate of drug-likeness (QED) is 0.878. The largest absolute Gasteiger partial charge is 0.385 e. The van der Waals surface area contributed by atoms with Gasteiger partial charge in [-0.1, -0.05) is 19.4 Å². The fraction of sp³-hybridized carbons (Fsp3) is 0.625. The molecule has 5 heteroatoms. The second-order valence-electron chi connectivity index (χ2n) is 6.50. The minimum Gasteiger partial charge on any atom is -0.385 e. The Morgan fingerprint density at radius 3 is 2.71 bits per heavy atom. The van der Waals surface area contributed by atoms with Gasteiger partial charge in [0, 0.05) is 17.8 Å². The van der Waals surface area contributed by atoms with Crippen molar-refractivity contribution in [3.63, 3.8) is 0 Å². The highest BCUT2D eigenvalue weighted by Gasteiger charge is 2.29. The third-order valence-corrected chi connectivity index (χ3v) is 5.74. The van der Waals surface area contributed by atoms with Crippen molar-refractivity contribution in [1.29, 1.82) is 0 Å². The maximum atomic E-state index is 12.8. The van der Waals surface area contributed by atoms with E-state index in [4.69, 9.17) is 0 Å². The Kier molecular flexibility index (Phi) is 4.63. The average Bonchev–Trinajstić information content (AvgIpc) is 2.37. The molecule has 2 rings (SSSR count). The number of aryl methyl sites for hydroxylation is 1. The Hall–Kier alpha value is -1.07. The minimum absolute atomic E-state index is 0.423. The predicted octanol–water partition coefficient (Wildman–Crippen LogP) is 3.21. The Morgan fingerprint density at radius 2 is 2.05 bits per heavy atom. The van der Waals surface area contributed by atoms with Gasteiger partial charge in [0.2, 0.25) is 10.0 Å². The number of hydrogen-bond acceptors (Lipinski definition) is 3. The van der Waals surface area contributed by atoms with E-state index in [0.29, 0.717) is 4.90 Å². The van der Waals surface area contributed by atoms with Crippen molar-refractivity contribution in [2.24, 2.45) is 0 Å². The molecule has 1 heterocycles. The molecule has 1 aliphatic heterocycles. The second kappa shape index (κ2) is 5.97. The zero-order valence-corrected chi connectivity index (χ0v) is 14.2. The molecule has 1 aliphatic rings. The van der Waals surface area contributed by atoms with Gasteiger partial charge in [-0.3, -0.25) is 0 Å². The molecule has 0 saturated heterocycles. The molecule has 21 heavy (non-hydrogen) atoms. The van der Waals surface area contributed by atoms with Crippen molar-refractivity contribution in [2.75, 3.05) is 11.9 Å². The Balaban J connectivity index is 2.41. The molecule has 0 saturated carbocycles. The van der Waals surface area contributed by atoms with Crippen LogP contribution in [0.15, 0.2) is 17.0 Å². The lowest BCUT2D eigenvalue weighted by Crippen LogP contribution is -2.43. The van der Waals surface area contributed by atoms with E-state index >= 15 is 0 Å². The molecular weight excluding hydrogens is 284 g/mol. The molecule has 0 amide bonds. The maximum Gasteiger partial charge on any atom is 0.241 e. The summed E-state index contributed by atoms with van der Waals surface area (Å²) in [6.07, 6.45) is 3.55. The summed E-state index contributed by atoms with van der Waals surface area (Å²) in [5.74, 6) is 0. The van der Waals surface area contributed by atoms with E-state index in [1.165, 1.54) is 0 Å². The maximum absolute atomic E-state index is 12.8. The van der Waals surface area contributed by atoms with Crippen LogP contribution in [0.25, 0.3) is 0 Å². The molecule has 1 aromatic carbocycles. The van der Waals surface area contributed by atoms with Crippen molar-refractivity contribution >= 4 is 15.7 Å². The minimum atomic E-state index is -3.49. The molecule has 0 aliphatic carbocycles. The fourth-order valence-electron chi connectivity index (χ4n) is 3.07. The SMILES string of the molecule is CCCC(C)(C)NS(=O)(=O)c1ccc(C)c2c1CCCN2. The first-order chi connectivity index (χ1) is 9.77. The molecule has 118 valence electrons. The van der Waals surface area contributed by atoms with E-state index < -0.39 is 15.6 Å². The topological polar surface area (TPSA) is 58.2 Å².